The summed E-state index contributed by atoms with van der Waals surface area (Å²) in [5.74, 6) is -1.09. The van der Waals surface area contributed by atoms with Crippen molar-refractivity contribution >= 4 is 11.6 Å². The Hall–Kier alpha value is -1.11. The number of nitrogens with zero attached hydrogens (tertiary/aromatic N) is 1. The van der Waals surface area contributed by atoms with E-state index in [4.69, 9.17) is 11.6 Å². The van der Waals surface area contributed by atoms with Gasteiger partial charge in [-0.15, -0.1) is 0 Å². The molecule has 1 saturated heterocycles. The molecule has 110 valence electrons. The fraction of sp³-hybridized carbons (Fsp3) is 0.562. The highest BCUT2D eigenvalue weighted by Gasteiger charge is 2.40. The first-order chi connectivity index (χ1) is 9.21. The van der Waals surface area contributed by atoms with Crippen molar-refractivity contribution < 1.29 is 4.39 Å². The molecule has 1 aliphatic heterocycles. The molecule has 0 aromatic carbocycles. The third-order valence-corrected chi connectivity index (χ3v) is 3.73. The van der Waals surface area contributed by atoms with Crippen LogP contribution in [0.2, 0.25) is 0 Å². The molecule has 0 saturated carbocycles. The van der Waals surface area contributed by atoms with E-state index in [1.807, 2.05) is 0 Å². The number of hydrogen-bond donors (Lipinski definition) is 1. The predicted molar refractivity (Wildman–Crippen MR) is 81.8 cm³/mol. The van der Waals surface area contributed by atoms with Gasteiger partial charge < -0.3 is 5.32 Å². The van der Waals surface area contributed by atoms with Gasteiger partial charge in [-0.2, -0.15) is 5.26 Å². The van der Waals surface area contributed by atoms with Gasteiger partial charge in [0.15, 0.2) is 0 Å². The maximum Gasteiger partial charge on any atom is 0.144 e. The number of allylic oxidation sites excluding steroid dienone is 3. The lowest BCUT2D eigenvalue weighted by Gasteiger charge is -2.26. The van der Waals surface area contributed by atoms with E-state index in [0.29, 0.717) is 12.1 Å². The van der Waals surface area contributed by atoms with Gasteiger partial charge in [0.25, 0.3) is 0 Å². The van der Waals surface area contributed by atoms with E-state index in [2.05, 4.69) is 45.3 Å². The van der Waals surface area contributed by atoms with Gasteiger partial charge in [-0.1, -0.05) is 51.6 Å². The summed E-state index contributed by atoms with van der Waals surface area (Å²) < 4.78 is 14.1. The molecule has 0 spiro atoms. The van der Waals surface area contributed by atoms with Crippen LogP contribution < -0.4 is 5.32 Å². The number of rotatable bonds is 4. The van der Waals surface area contributed by atoms with Crippen molar-refractivity contribution in [2.75, 3.05) is 6.54 Å². The largest absolute Gasteiger partial charge is 0.312 e. The highest BCUT2D eigenvalue weighted by Crippen LogP contribution is 2.37. The SMILES string of the molecule is C=C/C(=C(/F)C(=C)Cl)C1CNC(CC(C)(C)C)C1C#N. The molecule has 1 fully saturated rings. The van der Waals surface area contributed by atoms with Gasteiger partial charge in [0.05, 0.1) is 17.0 Å². The molecular weight excluding hydrogens is 275 g/mol. The van der Waals surface area contributed by atoms with E-state index >= 15 is 0 Å². The van der Waals surface area contributed by atoms with E-state index < -0.39 is 5.83 Å². The van der Waals surface area contributed by atoms with Gasteiger partial charge in [0.2, 0.25) is 0 Å². The summed E-state index contributed by atoms with van der Waals surface area (Å²) in [4.78, 5) is 0. The number of halogens is 2. The number of nitriles is 1. The first-order valence-corrected chi connectivity index (χ1v) is 7.09. The standard InChI is InChI=1S/C16H22ClFN2/c1-6-11(15(18)10(2)17)13-9-20-14(12(13)8-19)7-16(3,4)5/h6,12-14,20H,1-2,7,9H2,3-5H3/b15-11-. The molecule has 1 N–H and O–H groups in total. The Morgan fingerprint density at radius 2 is 2.15 bits per heavy atom. The Balaban J connectivity index is 3.04. The molecule has 1 rings (SSSR count). The zero-order valence-electron chi connectivity index (χ0n) is 12.3. The van der Waals surface area contributed by atoms with Crippen LogP contribution in [0, 0.1) is 28.6 Å². The Kier molecular flexibility index (Phi) is 5.56. The van der Waals surface area contributed by atoms with Crippen molar-refractivity contribution in [2.24, 2.45) is 17.3 Å². The predicted octanol–water partition coefficient (Wildman–Crippen LogP) is 4.31. The van der Waals surface area contributed by atoms with Crippen LogP contribution in [0.3, 0.4) is 0 Å². The van der Waals surface area contributed by atoms with E-state index in [1.165, 1.54) is 6.08 Å². The second-order valence-corrected chi connectivity index (χ2v) is 6.88. The zero-order chi connectivity index (χ0) is 15.5. The van der Waals surface area contributed by atoms with Crippen LogP contribution >= 0.6 is 11.6 Å². The van der Waals surface area contributed by atoms with Crippen LogP contribution in [0.15, 0.2) is 35.7 Å². The molecule has 2 nitrogen and oxygen atoms in total. The molecule has 3 unspecified atom stereocenters. The highest BCUT2D eigenvalue weighted by atomic mass is 35.5. The maximum atomic E-state index is 14.1. The topological polar surface area (TPSA) is 35.8 Å². The van der Waals surface area contributed by atoms with Gasteiger partial charge in [-0.25, -0.2) is 4.39 Å². The van der Waals surface area contributed by atoms with Crippen LogP contribution in [-0.2, 0) is 0 Å². The minimum absolute atomic E-state index is 0.0522. The Bertz CT molecular complexity index is 468. The molecule has 1 heterocycles. The van der Waals surface area contributed by atoms with Crippen molar-refractivity contribution in [1.29, 1.82) is 5.26 Å². The second kappa shape index (κ2) is 6.56. The van der Waals surface area contributed by atoms with E-state index in [1.54, 1.807) is 0 Å². The third-order valence-electron chi connectivity index (χ3n) is 3.56. The minimum atomic E-state index is -0.565. The van der Waals surface area contributed by atoms with Crippen molar-refractivity contribution in [3.63, 3.8) is 0 Å². The third kappa shape index (κ3) is 3.94. The molecule has 0 aliphatic carbocycles. The first kappa shape index (κ1) is 16.9. The van der Waals surface area contributed by atoms with Crippen molar-refractivity contribution in [3.05, 3.63) is 35.7 Å². The summed E-state index contributed by atoms with van der Waals surface area (Å²) in [6.45, 7) is 14.0. The maximum absolute atomic E-state index is 14.1. The van der Waals surface area contributed by atoms with Gasteiger partial charge in [0.1, 0.15) is 5.83 Å². The lowest BCUT2D eigenvalue weighted by Crippen LogP contribution is -2.31. The van der Waals surface area contributed by atoms with Crippen molar-refractivity contribution in [2.45, 2.75) is 33.2 Å². The fourth-order valence-corrected chi connectivity index (χ4v) is 2.82. The van der Waals surface area contributed by atoms with Crippen LogP contribution in [0.4, 0.5) is 4.39 Å². The summed E-state index contributed by atoms with van der Waals surface area (Å²) in [5, 5.41) is 12.6. The van der Waals surface area contributed by atoms with Crippen LogP contribution in [0.1, 0.15) is 27.2 Å². The van der Waals surface area contributed by atoms with Crippen molar-refractivity contribution in [3.8, 4) is 6.07 Å². The molecule has 0 bridgehead atoms. The van der Waals surface area contributed by atoms with Gasteiger partial charge in [0, 0.05) is 18.5 Å². The van der Waals surface area contributed by atoms with Crippen molar-refractivity contribution in [1.82, 2.24) is 5.32 Å². The number of hydrogen-bond acceptors (Lipinski definition) is 2. The molecule has 0 radical (unpaired) electrons. The van der Waals surface area contributed by atoms with E-state index in [0.717, 1.165) is 6.42 Å². The molecule has 0 aromatic rings. The molecule has 1 aliphatic rings. The summed E-state index contributed by atoms with van der Waals surface area (Å²) >= 11 is 5.64. The quantitative estimate of drug-likeness (QED) is 0.785. The molecule has 0 aromatic heterocycles. The lowest BCUT2D eigenvalue weighted by molar-refractivity contribution is 0.301. The van der Waals surface area contributed by atoms with Gasteiger partial charge >= 0.3 is 0 Å². The fourth-order valence-electron chi connectivity index (χ4n) is 2.72. The Morgan fingerprint density at radius 3 is 2.55 bits per heavy atom. The van der Waals surface area contributed by atoms with Gasteiger partial charge in [-0.05, 0) is 17.4 Å². The summed E-state index contributed by atoms with van der Waals surface area (Å²) in [5.41, 5.74) is 0.481. The minimum Gasteiger partial charge on any atom is -0.312 e. The average molecular weight is 297 g/mol. The first-order valence-electron chi connectivity index (χ1n) is 6.71. The summed E-state index contributed by atoms with van der Waals surface area (Å²) in [6, 6.07) is 2.36. The average Bonchev–Trinajstić information content (AvgIpc) is 2.70. The van der Waals surface area contributed by atoms with E-state index in [9.17, 15) is 9.65 Å². The van der Waals surface area contributed by atoms with Gasteiger partial charge in [-0.3, -0.25) is 0 Å². The second-order valence-electron chi connectivity index (χ2n) is 6.42. The summed E-state index contributed by atoms with van der Waals surface area (Å²) in [7, 11) is 0. The molecular formula is C16H22ClFN2. The van der Waals surface area contributed by atoms with E-state index in [-0.39, 0.29) is 28.3 Å². The zero-order valence-corrected chi connectivity index (χ0v) is 13.1. The molecule has 4 heteroatoms. The smallest absolute Gasteiger partial charge is 0.144 e. The van der Waals surface area contributed by atoms with Crippen LogP contribution in [0.25, 0.3) is 0 Å². The Labute approximate surface area is 126 Å². The van der Waals surface area contributed by atoms with Crippen LogP contribution in [-0.4, -0.2) is 12.6 Å². The Morgan fingerprint density at radius 1 is 1.55 bits per heavy atom. The molecule has 0 amide bonds. The molecule has 3 atom stereocenters. The molecule has 20 heavy (non-hydrogen) atoms. The summed E-state index contributed by atoms with van der Waals surface area (Å²) in [6.07, 6.45) is 2.30. The normalized spacial score (nSPS) is 27.7. The monoisotopic (exact) mass is 296 g/mol. The highest BCUT2D eigenvalue weighted by molar-refractivity contribution is 6.31. The lowest BCUT2D eigenvalue weighted by atomic mass is 9.79. The number of nitrogens with one attached hydrogen (secondary N) is 1. The van der Waals surface area contributed by atoms with Crippen LogP contribution in [0.5, 0.6) is 0 Å².